The Morgan fingerprint density at radius 2 is 1.74 bits per heavy atom. The lowest BCUT2D eigenvalue weighted by atomic mass is 9.98. The van der Waals surface area contributed by atoms with E-state index < -0.39 is 32.1 Å². The Labute approximate surface area is 162 Å². The number of benzene rings is 1. The highest BCUT2D eigenvalue weighted by atomic mass is 28.4. The number of aliphatic hydroxyl groups is 1. The summed E-state index contributed by atoms with van der Waals surface area (Å²) in [6, 6.07) is 10.5. The predicted octanol–water partition coefficient (Wildman–Crippen LogP) is 3.28. The predicted molar refractivity (Wildman–Crippen MR) is 105 cm³/mol. The Balaban J connectivity index is 2.05. The Hall–Kier alpha value is -1.41. The van der Waals surface area contributed by atoms with Crippen LogP contribution in [0.25, 0.3) is 0 Å². The van der Waals surface area contributed by atoms with Gasteiger partial charge in [0.15, 0.2) is 20.0 Å². The molecule has 1 N–H and O–H groups in total. The molecule has 1 aliphatic heterocycles. The summed E-state index contributed by atoms with van der Waals surface area (Å²) in [4.78, 5) is 12.1. The first-order chi connectivity index (χ1) is 12.8. The molecule has 0 saturated carbocycles. The Bertz CT molecular complexity index is 603. The average molecular weight is 397 g/mol. The molecule has 7 heteroatoms. The van der Waals surface area contributed by atoms with Crippen LogP contribution < -0.4 is 4.74 Å². The number of carbonyl (C=O) groups excluding carboxylic acids is 1. The second-order valence-electron chi connectivity index (χ2n) is 7.23. The number of rotatable bonds is 10. The van der Waals surface area contributed by atoms with Crippen LogP contribution in [0.3, 0.4) is 0 Å². The van der Waals surface area contributed by atoms with Gasteiger partial charge in [-0.2, -0.15) is 0 Å². The van der Waals surface area contributed by atoms with E-state index in [0.717, 1.165) is 29.4 Å². The van der Waals surface area contributed by atoms with E-state index in [1.807, 2.05) is 24.3 Å². The topological polar surface area (TPSA) is 74.2 Å². The number of carbonyl (C=O) groups is 1. The second-order valence-corrected chi connectivity index (χ2v) is 12.0. The van der Waals surface area contributed by atoms with Crippen molar-refractivity contribution >= 4 is 14.3 Å². The molecule has 152 valence electrons. The van der Waals surface area contributed by atoms with E-state index in [-0.39, 0.29) is 13.2 Å². The third-order valence-electron chi connectivity index (χ3n) is 5.64. The van der Waals surface area contributed by atoms with Crippen molar-refractivity contribution in [3.63, 3.8) is 0 Å². The summed E-state index contributed by atoms with van der Waals surface area (Å²) in [5.41, 5.74) is -0.764. The molecule has 1 fully saturated rings. The minimum absolute atomic E-state index is 0.260. The van der Waals surface area contributed by atoms with Gasteiger partial charge < -0.3 is 23.7 Å². The molecule has 0 radical (unpaired) electrons. The third-order valence-corrected chi connectivity index (χ3v) is 10.3. The van der Waals surface area contributed by atoms with E-state index >= 15 is 0 Å². The van der Waals surface area contributed by atoms with Crippen LogP contribution in [0.1, 0.15) is 33.3 Å². The van der Waals surface area contributed by atoms with E-state index in [4.69, 9.17) is 18.6 Å². The fraction of sp³-hybridized carbons (Fsp3) is 0.650. The summed E-state index contributed by atoms with van der Waals surface area (Å²) in [6.45, 7) is 8.40. The van der Waals surface area contributed by atoms with E-state index in [9.17, 15) is 9.90 Å². The van der Waals surface area contributed by atoms with Crippen molar-refractivity contribution in [1.29, 1.82) is 0 Å². The average Bonchev–Trinajstić information content (AvgIpc) is 2.90. The number of ether oxygens (including phenoxy) is 3. The molecule has 1 aromatic carbocycles. The van der Waals surface area contributed by atoms with Crippen LogP contribution >= 0.6 is 0 Å². The SMILES string of the molecule is CC[Si](CC)(CC)OC[C@H]1OC(=O)[C@@](C)(O)[C@@H]1OCc1ccc(OC)cc1. The molecule has 2 rings (SSSR count). The summed E-state index contributed by atoms with van der Waals surface area (Å²) < 4.78 is 22.8. The molecule has 1 heterocycles. The maximum atomic E-state index is 12.1. The molecule has 0 bridgehead atoms. The lowest BCUT2D eigenvalue weighted by Crippen LogP contribution is -2.47. The van der Waals surface area contributed by atoms with E-state index in [1.54, 1.807) is 7.11 Å². The van der Waals surface area contributed by atoms with Gasteiger partial charge in [0.25, 0.3) is 0 Å². The summed E-state index contributed by atoms with van der Waals surface area (Å²) in [7, 11) is -0.211. The number of hydrogen-bond acceptors (Lipinski definition) is 6. The van der Waals surface area contributed by atoms with E-state index in [1.165, 1.54) is 6.92 Å². The van der Waals surface area contributed by atoms with Crippen LogP contribution in [-0.4, -0.2) is 50.9 Å². The van der Waals surface area contributed by atoms with Gasteiger partial charge >= 0.3 is 5.97 Å². The van der Waals surface area contributed by atoms with Gasteiger partial charge in [-0.3, -0.25) is 0 Å². The largest absolute Gasteiger partial charge is 0.497 e. The van der Waals surface area contributed by atoms with Gasteiger partial charge in [-0.05, 0) is 42.8 Å². The monoisotopic (exact) mass is 396 g/mol. The molecule has 0 amide bonds. The summed E-state index contributed by atoms with van der Waals surface area (Å²) in [6.07, 6.45) is -1.38. The molecule has 27 heavy (non-hydrogen) atoms. The fourth-order valence-corrected chi connectivity index (χ4v) is 6.04. The van der Waals surface area contributed by atoms with Crippen molar-refractivity contribution in [3.05, 3.63) is 29.8 Å². The second kappa shape index (κ2) is 9.19. The maximum Gasteiger partial charge on any atom is 0.341 e. The van der Waals surface area contributed by atoms with Gasteiger partial charge in [-0.25, -0.2) is 4.79 Å². The number of esters is 1. The van der Waals surface area contributed by atoms with Crippen LogP contribution in [-0.2, 0) is 25.3 Å². The van der Waals surface area contributed by atoms with Gasteiger partial charge in [0.05, 0.1) is 20.3 Å². The van der Waals surface area contributed by atoms with E-state index in [0.29, 0.717) is 0 Å². The maximum absolute atomic E-state index is 12.1. The van der Waals surface area contributed by atoms with Crippen molar-refractivity contribution in [2.75, 3.05) is 13.7 Å². The molecular weight excluding hydrogens is 364 g/mol. The fourth-order valence-electron chi connectivity index (χ4n) is 3.41. The van der Waals surface area contributed by atoms with Gasteiger partial charge in [0.1, 0.15) is 11.9 Å². The van der Waals surface area contributed by atoms with Crippen molar-refractivity contribution in [1.82, 2.24) is 0 Å². The molecule has 1 saturated heterocycles. The molecule has 3 atom stereocenters. The number of methoxy groups -OCH3 is 1. The summed E-state index contributed by atoms with van der Waals surface area (Å²) in [5, 5.41) is 10.6. The minimum Gasteiger partial charge on any atom is -0.497 e. The van der Waals surface area contributed by atoms with Gasteiger partial charge in [0, 0.05) is 0 Å². The standard InChI is InChI=1S/C20H32O6Si/c1-6-27(7-2,8-3)25-14-17-18(20(4,22)19(21)26-17)24-13-15-9-11-16(23-5)12-10-15/h9-12,17-18,22H,6-8,13-14H2,1-5H3/t17-,18-,20+/m1/s1. The van der Waals surface area contributed by atoms with Crippen LogP contribution in [0.15, 0.2) is 24.3 Å². The lowest BCUT2D eigenvalue weighted by molar-refractivity contribution is -0.156. The highest BCUT2D eigenvalue weighted by Gasteiger charge is 2.54. The minimum atomic E-state index is -1.82. The normalized spacial score (nSPS) is 25.5. The lowest BCUT2D eigenvalue weighted by Gasteiger charge is -2.31. The van der Waals surface area contributed by atoms with Crippen LogP contribution in [0.5, 0.6) is 5.75 Å². The first-order valence-corrected chi connectivity index (χ1v) is 12.2. The Morgan fingerprint density at radius 3 is 2.26 bits per heavy atom. The van der Waals surface area contributed by atoms with Gasteiger partial charge in [-0.15, -0.1) is 0 Å². The zero-order chi connectivity index (χ0) is 20.1. The smallest absolute Gasteiger partial charge is 0.341 e. The van der Waals surface area contributed by atoms with Crippen LogP contribution in [0.4, 0.5) is 0 Å². The molecule has 0 spiro atoms. The third kappa shape index (κ3) is 4.90. The quantitative estimate of drug-likeness (QED) is 0.483. The van der Waals surface area contributed by atoms with E-state index in [2.05, 4.69) is 20.8 Å². The zero-order valence-electron chi connectivity index (χ0n) is 17.0. The molecule has 0 unspecified atom stereocenters. The highest BCUT2D eigenvalue weighted by molar-refractivity contribution is 6.73. The summed E-state index contributed by atoms with van der Waals surface area (Å²) in [5.74, 6) is 0.101. The zero-order valence-corrected chi connectivity index (χ0v) is 18.0. The highest BCUT2D eigenvalue weighted by Crippen LogP contribution is 2.31. The first-order valence-electron chi connectivity index (χ1n) is 9.63. The van der Waals surface area contributed by atoms with Gasteiger partial charge in [0.2, 0.25) is 0 Å². The molecule has 1 aromatic rings. The molecule has 1 aliphatic rings. The van der Waals surface area contributed by atoms with Crippen LogP contribution in [0.2, 0.25) is 18.1 Å². The first kappa shape index (κ1) is 21.9. The Morgan fingerprint density at radius 1 is 1.15 bits per heavy atom. The van der Waals surface area contributed by atoms with Crippen molar-refractivity contribution < 1.29 is 28.5 Å². The molecule has 0 aromatic heterocycles. The summed E-state index contributed by atoms with van der Waals surface area (Å²) >= 11 is 0. The number of cyclic esters (lactones) is 1. The van der Waals surface area contributed by atoms with Crippen LogP contribution in [0, 0.1) is 0 Å². The molecule has 0 aliphatic carbocycles. The number of hydrogen-bond donors (Lipinski definition) is 1. The molecule has 6 nitrogen and oxygen atoms in total. The van der Waals surface area contributed by atoms with Gasteiger partial charge in [-0.1, -0.05) is 32.9 Å². The van der Waals surface area contributed by atoms with Crippen molar-refractivity contribution in [2.24, 2.45) is 0 Å². The van der Waals surface area contributed by atoms with Crippen molar-refractivity contribution in [3.8, 4) is 5.75 Å². The Kier molecular flexibility index (Phi) is 7.45. The molecular formula is C20H32O6Si. The van der Waals surface area contributed by atoms with Crippen molar-refractivity contribution in [2.45, 2.75) is 70.2 Å².